The molecule has 0 aliphatic heterocycles. The van der Waals surface area contributed by atoms with Crippen LogP contribution < -0.4 is 5.73 Å². The van der Waals surface area contributed by atoms with Crippen molar-refractivity contribution in [3.8, 4) is 0 Å². The van der Waals surface area contributed by atoms with Gasteiger partial charge in [-0.25, -0.2) is 8.78 Å². The first-order valence-electron chi connectivity index (χ1n) is 4.79. The van der Waals surface area contributed by atoms with Crippen LogP contribution in [-0.4, -0.2) is 13.2 Å². The monoisotopic (exact) mass is 215 g/mol. The number of halogens is 2. The Hall–Kier alpha value is -1.00. The molecule has 2 N–H and O–H groups in total. The topological polar surface area (TPSA) is 35.2 Å². The Bertz CT molecular complexity index is 339. The maximum absolute atomic E-state index is 13.4. The number of nitrogens with two attached hydrogens (primary N) is 1. The van der Waals surface area contributed by atoms with Crippen LogP contribution in [0.15, 0.2) is 18.2 Å². The summed E-state index contributed by atoms with van der Waals surface area (Å²) in [7, 11) is 0. The zero-order valence-corrected chi connectivity index (χ0v) is 8.89. The SMILES string of the molecule is CCOCC(C)(N)c1ccc(F)cc1F. The molecular formula is C11H15F2NO. The molecule has 0 fully saturated rings. The van der Waals surface area contributed by atoms with E-state index in [0.717, 1.165) is 6.07 Å². The van der Waals surface area contributed by atoms with Crippen molar-refractivity contribution in [1.29, 1.82) is 0 Å². The molecule has 84 valence electrons. The van der Waals surface area contributed by atoms with Crippen LogP contribution in [0.4, 0.5) is 8.78 Å². The van der Waals surface area contributed by atoms with Gasteiger partial charge in [-0.05, 0) is 19.9 Å². The van der Waals surface area contributed by atoms with Gasteiger partial charge in [0.25, 0.3) is 0 Å². The van der Waals surface area contributed by atoms with Crippen LogP contribution >= 0.6 is 0 Å². The Labute approximate surface area is 88.0 Å². The number of ether oxygens (including phenoxy) is 1. The van der Waals surface area contributed by atoms with Gasteiger partial charge in [0.15, 0.2) is 0 Å². The molecule has 15 heavy (non-hydrogen) atoms. The van der Waals surface area contributed by atoms with Crippen LogP contribution in [0.5, 0.6) is 0 Å². The average molecular weight is 215 g/mol. The first-order valence-corrected chi connectivity index (χ1v) is 4.79. The van der Waals surface area contributed by atoms with E-state index in [0.29, 0.717) is 6.61 Å². The van der Waals surface area contributed by atoms with Crippen LogP contribution in [-0.2, 0) is 10.3 Å². The van der Waals surface area contributed by atoms with Gasteiger partial charge in [0.1, 0.15) is 11.6 Å². The third kappa shape index (κ3) is 2.97. The summed E-state index contributed by atoms with van der Waals surface area (Å²) in [5.41, 5.74) is 5.21. The summed E-state index contributed by atoms with van der Waals surface area (Å²) < 4.78 is 31.2. The quantitative estimate of drug-likeness (QED) is 0.835. The lowest BCUT2D eigenvalue weighted by molar-refractivity contribution is 0.0993. The maximum Gasteiger partial charge on any atom is 0.131 e. The van der Waals surface area contributed by atoms with E-state index < -0.39 is 17.2 Å². The predicted molar refractivity (Wildman–Crippen MR) is 54.4 cm³/mol. The Morgan fingerprint density at radius 3 is 2.60 bits per heavy atom. The zero-order chi connectivity index (χ0) is 11.5. The molecule has 0 spiro atoms. The molecule has 0 aliphatic rings. The van der Waals surface area contributed by atoms with Crippen LogP contribution in [0.2, 0.25) is 0 Å². The summed E-state index contributed by atoms with van der Waals surface area (Å²) in [6, 6.07) is 3.37. The van der Waals surface area contributed by atoms with Gasteiger partial charge in [-0.3, -0.25) is 0 Å². The van der Waals surface area contributed by atoms with Crippen molar-refractivity contribution in [2.75, 3.05) is 13.2 Å². The standard InChI is InChI=1S/C11H15F2NO/c1-3-15-7-11(2,14)9-5-4-8(12)6-10(9)13/h4-6H,3,7,14H2,1-2H3. The van der Waals surface area contributed by atoms with Gasteiger partial charge in [0.05, 0.1) is 12.1 Å². The van der Waals surface area contributed by atoms with Crippen molar-refractivity contribution in [1.82, 2.24) is 0 Å². The van der Waals surface area contributed by atoms with Crippen LogP contribution in [0.1, 0.15) is 19.4 Å². The summed E-state index contributed by atoms with van der Waals surface area (Å²) in [5.74, 6) is -1.25. The van der Waals surface area contributed by atoms with Crippen molar-refractivity contribution in [2.45, 2.75) is 19.4 Å². The highest BCUT2D eigenvalue weighted by Gasteiger charge is 2.25. The molecule has 4 heteroatoms. The normalized spacial score (nSPS) is 15.0. The zero-order valence-electron chi connectivity index (χ0n) is 8.89. The molecule has 1 unspecified atom stereocenters. The number of rotatable bonds is 4. The Balaban J connectivity index is 2.93. The second-order valence-electron chi connectivity index (χ2n) is 3.68. The summed E-state index contributed by atoms with van der Waals surface area (Å²) >= 11 is 0. The lowest BCUT2D eigenvalue weighted by atomic mass is 9.93. The molecule has 0 saturated heterocycles. The Morgan fingerprint density at radius 1 is 1.40 bits per heavy atom. The van der Waals surface area contributed by atoms with Crippen molar-refractivity contribution in [3.05, 3.63) is 35.4 Å². The fourth-order valence-corrected chi connectivity index (χ4v) is 1.34. The van der Waals surface area contributed by atoms with Gasteiger partial charge in [0, 0.05) is 18.2 Å². The van der Waals surface area contributed by atoms with E-state index in [9.17, 15) is 8.78 Å². The van der Waals surface area contributed by atoms with Crippen LogP contribution in [0, 0.1) is 11.6 Å². The third-order valence-corrected chi connectivity index (χ3v) is 2.15. The fraction of sp³-hybridized carbons (Fsp3) is 0.455. The molecule has 0 aromatic heterocycles. The minimum absolute atomic E-state index is 0.200. The van der Waals surface area contributed by atoms with Gasteiger partial charge >= 0.3 is 0 Å². The Kier molecular flexibility index (Phi) is 3.77. The fourth-order valence-electron chi connectivity index (χ4n) is 1.34. The lowest BCUT2D eigenvalue weighted by Gasteiger charge is -2.25. The maximum atomic E-state index is 13.4. The summed E-state index contributed by atoms with van der Waals surface area (Å²) in [5, 5.41) is 0. The van der Waals surface area contributed by atoms with Gasteiger partial charge in [0.2, 0.25) is 0 Å². The molecule has 0 bridgehead atoms. The second kappa shape index (κ2) is 4.68. The molecular weight excluding hydrogens is 200 g/mol. The smallest absolute Gasteiger partial charge is 0.131 e. The molecule has 2 nitrogen and oxygen atoms in total. The minimum atomic E-state index is -0.937. The molecule has 0 aliphatic carbocycles. The number of hydrogen-bond donors (Lipinski definition) is 1. The molecule has 1 aromatic carbocycles. The molecule has 1 aromatic rings. The van der Waals surface area contributed by atoms with Crippen molar-refractivity contribution in [3.63, 3.8) is 0 Å². The van der Waals surface area contributed by atoms with E-state index in [-0.39, 0.29) is 12.2 Å². The largest absolute Gasteiger partial charge is 0.379 e. The highest BCUT2D eigenvalue weighted by molar-refractivity contribution is 5.25. The second-order valence-corrected chi connectivity index (χ2v) is 3.68. The van der Waals surface area contributed by atoms with E-state index in [2.05, 4.69) is 0 Å². The van der Waals surface area contributed by atoms with E-state index in [1.54, 1.807) is 6.92 Å². The Morgan fingerprint density at radius 2 is 2.07 bits per heavy atom. The predicted octanol–water partition coefficient (Wildman–Crippen LogP) is 2.18. The molecule has 1 rings (SSSR count). The first kappa shape index (κ1) is 12.1. The van der Waals surface area contributed by atoms with Gasteiger partial charge < -0.3 is 10.5 Å². The van der Waals surface area contributed by atoms with Crippen LogP contribution in [0.3, 0.4) is 0 Å². The molecule has 1 atom stereocenters. The summed E-state index contributed by atoms with van der Waals surface area (Å²) in [6.07, 6.45) is 0. The van der Waals surface area contributed by atoms with E-state index >= 15 is 0 Å². The number of hydrogen-bond acceptors (Lipinski definition) is 2. The van der Waals surface area contributed by atoms with E-state index in [1.165, 1.54) is 12.1 Å². The summed E-state index contributed by atoms with van der Waals surface area (Å²) in [4.78, 5) is 0. The minimum Gasteiger partial charge on any atom is -0.379 e. The van der Waals surface area contributed by atoms with Gasteiger partial charge in [-0.15, -0.1) is 0 Å². The van der Waals surface area contributed by atoms with Gasteiger partial charge in [-0.1, -0.05) is 6.07 Å². The average Bonchev–Trinajstić information content (AvgIpc) is 2.14. The highest BCUT2D eigenvalue weighted by atomic mass is 19.1. The lowest BCUT2D eigenvalue weighted by Crippen LogP contribution is -2.39. The first-order chi connectivity index (χ1) is 6.97. The van der Waals surface area contributed by atoms with Crippen LogP contribution in [0.25, 0.3) is 0 Å². The summed E-state index contributed by atoms with van der Waals surface area (Å²) in [6.45, 7) is 4.19. The molecule has 0 saturated carbocycles. The molecule has 0 amide bonds. The van der Waals surface area contributed by atoms with E-state index in [4.69, 9.17) is 10.5 Å². The molecule has 0 heterocycles. The molecule has 0 radical (unpaired) electrons. The third-order valence-electron chi connectivity index (χ3n) is 2.15. The van der Waals surface area contributed by atoms with Crippen molar-refractivity contribution >= 4 is 0 Å². The highest BCUT2D eigenvalue weighted by Crippen LogP contribution is 2.22. The van der Waals surface area contributed by atoms with E-state index in [1.807, 2.05) is 6.92 Å². The van der Waals surface area contributed by atoms with Gasteiger partial charge in [-0.2, -0.15) is 0 Å². The van der Waals surface area contributed by atoms with Crippen molar-refractivity contribution in [2.24, 2.45) is 5.73 Å². The van der Waals surface area contributed by atoms with Crippen molar-refractivity contribution < 1.29 is 13.5 Å². The number of benzene rings is 1.